The molecule has 6 nitrogen and oxygen atoms in total. The molecule has 0 aliphatic heterocycles. The Labute approximate surface area is 151 Å². The molecule has 5 rings (SSSR count). The first-order valence-electron chi connectivity index (χ1n) is 8.02. The lowest BCUT2D eigenvalue weighted by Gasteiger charge is -2.04. The average Bonchev–Trinajstić information content (AvgIpc) is 3.06. The maximum Gasteiger partial charge on any atom is 0.258 e. The number of thioether (sulfide) groups is 1. The van der Waals surface area contributed by atoms with Crippen molar-refractivity contribution in [2.75, 3.05) is 0 Å². The van der Waals surface area contributed by atoms with Crippen molar-refractivity contribution >= 4 is 39.5 Å². The summed E-state index contributed by atoms with van der Waals surface area (Å²) >= 11 is 1.48. The zero-order valence-corrected chi connectivity index (χ0v) is 14.3. The van der Waals surface area contributed by atoms with E-state index in [-0.39, 0.29) is 5.56 Å². The Morgan fingerprint density at radius 2 is 1.96 bits per heavy atom. The fourth-order valence-corrected chi connectivity index (χ4v) is 3.75. The summed E-state index contributed by atoms with van der Waals surface area (Å²) in [4.78, 5) is 25.5. The Morgan fingerprint density at radius 1 is 1.08 bits per heavy atom. The van der Waals surface area contributed by atoms with Gasteiger partial charge in [0.05, 0.1) is 5.69 Å². The molecule has 5 aromatic rings. The van der Waals surface area contributed by atoms with Crippen LogP contribution < -0.4 is 5.56 Å². The molecule has 0 fully saturated rings. The lowest BCUT2D eigenvalue weighted by atomic mass is 10.2. The molecule has 0 amide bonds. The van der Waals surface area contributed by atoms with Gasteiger partial charge in [0, 0.05) is 23.4 Å². The van der Waals surface area contributed by atoms with Gasteiger partial charge < -0.3 is 4.42 Å². The third-order valence-electron chi connectivity index (χ3n) is 4.11. The summed E-state index contributed by atoms with van der Waals surface area (Å²) in [6, 6.07) is 14.8. The van der Waals surface area contributed by atoms with Crippen LogP contribution in [0.2, 0.25) is 0 Å². The molecule has 0 saturated carbocycles. The second-order valence-corrected chi connectivity index (χ2v) is 6.72. The van der Waals surface area contributed by atoms with Gasteiger partial charge in [0.25, 0.3) is 5.56 Å². The third-order valence-corrected chi connectivity index (χ3v) is 5.11. The molecule has 0 radical (unpaired) electrons. The van der Waals surface area contributed by atoms with E-state index in [0.717, 1.165) is 21.5 Å². The highest BCUT2D eigenvalue weighted by Gasteiger charge is 2.13. The number of rotatable bonds is 3. The summed E-state index contributed by atoms with van der Waals surface area (Å²) in [6.07, 6.45) is 3.25. The number of benzene rings is 1. The van der Waals surface area contributed by atoms with Gasteiger partial charge in [-0.05, 0) is 24.3 Å². The number of para-hydroxylation sites is 1. The monoisotopic (exact) mass is 360 g/mol. The molecule has 0 atom stereocenters. The number of pyridine rings is 1. The van der Waals surface area contributed by atoms with E-state index in [2.05, 4.69) is 15.0 Å². The van der Waals surface area contributed by atoms with E-state index < -0.39 is 0 Å². The van der Waals surface area contributed by atoms with Crippen molar-refractivity contribution < 1.29 is 4.42 Å². The van der Waals surface area contributed by atoms with Crippen molar-refractivity contribution in [3.63, 3.8) is 0 Å². The van der Waals surface area contributed by atoms with Crippen LogP contribution in [0.15, 0.2) is 75.3 Å². The Morgan fingerprint density at radius 3 is 2.92 bits per heavy atom. The van der Waals surface area contributed by atoms with Crippen molar-refractivity contribution in [3.8, 4) is 0 Å². The highest BCUT2D eigenvalue weighted by atomic mass is 32.2. The van der Waals surface area contributed by atoms with Gasteiger partial charge in [-0.1, -0.05) is 30.0 Å². The van der Waals surface area contributed by atoms with Crippen LogP contribution in [0.3, 0.4) is 0 Å². The first-order valence-corrected chi connectivity index (χ1v) is 9.00. The third kappa shape index (κ3) is 2.44. The van der Waals surface area contributed by atoms with Gasteiger partial charge in [-0.15, -0.1) is 0 Å². The maximum atomic E-state index is 12.2. The predicted octanol–water partition coefficient (Wildman–Crippen LogP) is 3.68. The summed E-state index contributed by atoms with van der Waals surface area (Å²) < 4.78 is 7.46. The molecule has 0 aliphatic carbocycles. The zero-order chi connectivity index (χ0) is 17.5. The van der Waals surface area contributed by atoms with Crippen molar-refractivity contribution in [1.29, 1.82) is 0 Å². The predicted molar refractivity (Wildman–Crippen MR) is 100 cm³/mol. The van der Waals surface area contributed by atoms with Crippen molar-refractivity contribution in [2.24, 2.45) is 0 Å². The Balaban J connectivity index is 1.53. The molecule has 0 saturated heterocycles. The first kappa shape index (κ1) is 15.1. The number of fused-ring (bicyclic) bond motifs is 4. The van der Waals surface area contributed by atoms with Crippen LogP contribution in [0.4, 0.5) is 0 Å². The summed E-state index contributed by atoms with van der Waals surface area (Å²) in [5, 5.41) is 1.70. The number of nitrogens with zero attached hydrogens (tertiary/aromatic N) is 4. The number of aromatic nitrogens is 4. The molecule has 0 bridgehead atoms. The molecular formula is C19H12N4O2S. The van der Waals surface area contributed by atoms with Crippen LogP contribution in [0.1, 0.15) is 5.69 Å². The molecule has 0 unspecified atom stereocenters. The van der Waals surface area contributed by atoms with Crippen LogP contribution in [0.25, 0.3) is 27.7 Å². The Hall–Kier alpha value is -3.19. The number of furan rings is 1. The van der Waals surface area contributed by atoms with Gasteiger partial charge in [-0.25, -0.2) is 15.0 Å². The van der Waals surface area contributed by atoms with Crippen LogP contribution >= 0.6 is 11.8 Å². The van der Waals surface area contributed by atoms with E-state index in [4.69, 9.17) is 4.42 Å². The SMILES string of the molecule is O=c1cc(CSc2ncnc3c2oc2ccccc23)nc2ccccn12. The molecule has 0 spiro atoms. The van der Waals surface area contributed by atoms with Gasteiger partial charge in [-0.2, -0.15) is 0 Å². The van der Waals surface area contributed by atoms with Crippen LogP contribution in [-0.4, -0.2) is 19.4 Å². The number of hydrogen-bond donors (Lipinski definition) is 0. The fourth-order valence-electron chi connectivity index (χ4n) is 2.92. The van der Waals surface area contributed by atoms with E-state index in [0.29, 0.717) is 22.7 Å². The maximum absolute atomic E-state index is 12.2. The van der Waals surface area contributed by atoms with Crippen molar-refractivity contribution in [3.05, 3.63) is 77.1 Å². The lowest BCUT2D eigenvalue weighted by Crippen LogP contribution is -2.14. The highest BCUT2D eigenvalue weighted by Crippen LogP contribution is 2.33. The summed E-state index contributed by atoms with van der Waals surface area (Å²) in [5.74, 6) is 0.518. The molecule has 1 aromatic carbocycles. The average molecular weight is 360 g/mol. The van der Waals surface area contributed by atoms with Gasteiger partial charge in [0.1, 0.15) is 28.1 Å². The molecule has 4 aromatic heterocycles. The minimum absolute atomic E-state index is 0.0947. The fraction of sp³-hybridized carbons (Fsp3) is 0.0526. The molecule has 7 heteroatoms. The quantitative estimate of drug-likeness (QED) is 0.361. The minimum Gasteiger partial charge on any atom is -0.451 e. The van der Waals surface area contributed by atoms with Crippen LogP contribution in [0.5, 0.6) is 0 Å². The molecule has 4 heterocycles. The largest absolute Gasteiger partial charge is 0.451 e. The molecule has 126 valence electrons. The standard InChI is InChI=1S/C19H12N4O2S/c24-16-9-12(22-15-7-3-4-8-23(15)16)10-26-19-18-17(20-11-21-19)13-5-1-2-6-14(13)25-18/h1-9,11H,10H2. The van der Waals surface area contributed by atoms with Crippen molar-refractivity contribution in [1.82, 2.24) is 19.4 Å². The van der Waals surface area contributed by atoms with Crippen LogP contribution in [0, 0.1) is 0 Å². The van der Waals surface area contributed by atoms with E-state index >= 15 is 0 Å². The van der Waals surface area contributed by atoms with Gasteiger partial charge in [0.15, 0.2) is 5.58 Å². The second kappa shape index (κ2) is 5.96. The first-order chi connectivity index (χ1) is 12.8. The molecular weight excluding hydrogens is 348 g/mol. The topological polar surface area (TPSA) is 73.3 Å². The Kier molecular flexibility index (Phi) is 3.46. The molecule has 0 N–H and O–H groups in total. The van der Waals surface area contributed by atoms with Gasteiger partial charge in [-0.3, -0.25) is 9.20 Å². The van der Waals surface area contributed by atoms with Gasteiger partial charge in [0.2, 0.25) is 0 Å². The van der Waals surface area contributed by atoms with Crippen LogP contribution in [-0.2, 0) is 5.75 Å². The summed E-state index contributed by atoms with van der Waals surface area (Å²) in [7, 11) is 0. The molecule has 0 aliphatic rings. The Bertz CT molecular complexity index is 1330. The smallest absolute Gasteiger partial charge is 0.258 e. The lowest BCUT2D eigenvalue weighted by molar-refractivity contribution is 0.653. The molecule has 26 heavy (non-hydrogen) atoms. The zero-order valence-electron chi connectivity index (χ0n) is 13.5. The second-order valence-electron chi connectivity index (χ2n) is 5.76. The highest BCUT2D eigenvalue weighted by molar-refractivity contribution is 7.98. The van der Waals surface area contributed by atoms with E-state index in [9.17, 15) is 4.79 Å². The van der Waals surface area contributed by atoms with E-state index in [1.807, 2.05) is 42.5 Å². The minimum atomic E-state index is -0.0947. The normalized spacial score (nSPS) is 11.5. The number of hydrogen-bond acceptors (Lipinski definition) is 6. The van der Waals surface area contributed by atoms with E-state index in [1.54, 1.807) is 12.3 Å². The van der Waals surface area contributed by atoms with Gasteiger partial charge >= 0.3 is 0 Å². The summed E-state index contributed by atoms with van der Waals surface area (Å²) in [5.41, 5.74) is 3.48. The van der Waals surface area contributed by atoms with E-state index in [1.165, 1.54) is 22.5 Å². The summed E-state index contributed by atoms with van der Waals surface area (Å²) in [6.45, 7) is 0. The van der Waals surface area contributed by atoms with Crippen molar-refractivity contribution in [2.45, 2.75) is 10.8 Å².